The number of anilines is 1. The molecule has 11 heteroatoms. The average Bonchev–Trinajstić information content (AvgIpc) is 3.82. The van der Waals surface area contributed by atoms with Gasteiger partial charge < -0.3 is 20.6 Å². The summed E-state index contributed by atoms with van der Waals surface area (Å²) in [5.41, 5.74) is 4.00. The second kappa shape index (κ2) is 14.3. The summed E-state index contributed by atoms with van der Waals surface area (Å²) >= 11 is 3.03. The minimum absolute atomic E-state index is 0.0811. The van der Waals surface area contributed by atoms with Crippen molar-refractivity contribution in [2.24, 2.45) is 10.9 Å². The first-order valence-corrected chi connectivity index (χ1v) is 17.0. The van der Waals surface area contributed by atoms with Crippen molar-refractivity contribution in [3.63, 3.8) is 0 Å². The van der Waals surface area contributed by atoms with E-state index in [1.165, 1.54) is 16.2 Å². The number of H-pyrrole nitrogens is 2. The van der Waals surface area contributed by atoms with E-state index >= 15 is 0 Å². The maximum atomic E-state index is 13.0. The molecule has 2 amide bonds. The van der Waals surface area contributed by atoms with Crippen LogP contribution in [-0.4, -0.2) is 44.2 Å². The van der Waals surface area contributed by atoms with Crippen LogP contribution < -0.4 is 10.6 Å². The number of thioether (sulfide) groups is 1. The number of aromatic amines is 2. The van der Waals surface area contributed by atoms with Gasteiger partial charge in [-0.3, -0.25) is 14.6 Å². The monoisotopic (exact) mass is 639 g/mol. The average molecular weight is 640 g/mol. The number of carbonyl (C=O) groups excluding carboxylic acids is 2. The van der Waals surface area contributed by atoms with Gasteiger partial charge in [-0.15, -0.1) is 10.2 Å². The fraction of sp³-hybridized carbons (Fsp3) is 0.324. The van der Waals surface area contributed by atoms with Gasteiger partial charge in [0.2, 0.25) is 16.9 Å². The van der Waals surface area contributed by atoms with Crippen LogP contribution in [-0.2, 0) is 22.4 Å². The second-order valence-corrected chi connectivity index (χ2v) is 13.4. The summed E-state index contributed by atoms with van der Waals surface area (Å²) in [6.07, 6.45) is 11.6. The van der Waals surface area contributed by atoms with Crippen molar-refractivity contribution < 1.29 is 9.59 Å². The number of allylic oxidation sites excluding steroid dienone is 2. The molecule has 3 aromatic heterocycles. The third kappa shape index (κ3) is 7.37. The Morgan fingerprint density at radius 1 is 0.978 bits per heavy atom. The molecule has 5 aromatic rings. The quantitative estimate of drug-likeness (QED) is 0.0992. The van der Waals surface area contributed by atoms with Gasteiger partial charge in [-0.1, -0.05) is 66.8 Å². The molecule has 0 radical (unpaired) electrons. The Labute approximate surface area is 270 Å². The Morgan fingerprint density at radius 3 is 2.33 bits per heavy atom. The van der Waals surface area contributed by atoms with Crippen molar-refractivity contribution in [2.45, 2.75) is 57.8 Å². The lowest BCUT2D eigenvalue weighted by Crippen LogP contribution is -2.30. The first-order valence-electron chi connectivity index (χ1n) is 15.4. The van der Waals surface area contributed by atoms with E-state index in [9.17, 15) is 9.59 Å². The highest BCUT2D eigenvalue weighted by atomic mass is 32.2. The van der Waals surface area contributed by atoms with Gasteiger partial charge in [0.25, 0.3) is 0 Å². The van der Waals surface area contributed by atoms with Gasteiger partial charge in [-0.05, 0) is 71.9 Å². The largest absolute Gasteiger partial charge is 0.361 e. The molecule has 4 N–H and O–H groups in total. The van der Waals surface area contributed by atoms with Crippen LogP contribution in [0.4, 0.5) is 5.13 Å². The number of aromatic nitrogens is 4. The summed E-state index contributed by atoms with van der Waals surface area (Å²) in [5, 5.41) is 19.0. The zero-order chi connectivity index (χ0) is 31.2. The Balaban J connectivity index is 1.06. The fourth-order valence-electron chi connectivity index (χ4n) is 6.14. The predicted molar refractivity (Wildman–Crippen MR) is 185 cm³/mol. The maximum Gasteiger partial charge on any atom is 0.230 e. The minimum atomic E-state index is -0.101. The number of rotatable bonds is 9. The first kappa shape index (κ1) is 30.8. The van der Waals surface area contributed by atoms with Gasteiger partial charge in [0.05, 0.1) is 12.8 Å². The molecule has 9 nitrogen and oxygen atoms in total. The Morgan fingerprint density at radius 2 is 1.67 bits per heavy atom. The van der Waals surface area contributed by atoms with Gasteiger partial charge in [-0.2, -0.15) is 0 Å². The Kier molecular flexibility index (Phi) is 9.75. The summed E-state index contributed by atoms with van der Waals surface area (Å²) in [6, 6.07) is 15.9. The number of nitrogens with zero attached hydrogens (tertiary/aromatic N) is 3. The molecule has 3 heterocycles. The molecular formula is C34H37N7O2S2. The normalized spacial score (nSPS) is 17.6. The van der Waals surface area contributed by atoms with Gasteiger partial charge in [0, 0.05) is 47.2 Å². The van der Waals surface area contributed by atoms with Crippen LogP contribution in [0.1, 0.15) is 61.1 Å². The zero-order valence-electron chi connectivity index (χ0n) is 25.4. The predicted octanol–water partition coefficient (Wildman–Crippen LogP) is 7.33. The number of benzene rings is 2. The van der Waals surface area contributed by atoms with E-state index in [0.29, 0.717) is 16.2 Å². The number of hydrogen-bond donors (Lipinski definition) is 4. The first-order chi connectivity index (χ1) is 22.0. The van der Waals surface area contributed by atoms with Crippen LogP contribution in [0.5, 0.6) is 0 Å². The summed E-state index contributed by atoms with van der Waals surface area (Å²) in [6.45, 7) is 2.13. The molecule has 232 valence electrons. The molecular weight excluding hydrogens is 603 g/mol. The van der Waals surface area contributed by atoms with Crippen molar-refractivity contribution in [1.29, 1.82) is 0 Å². The molecule has 0 saturated heterocycles. The van der Waals surface area contributed by atoms with Gasteiger partial charge in [-0.25, -0.2) is 0 Å². The molecule has 2 atom stereocenters. The summed E-state index contributed by atoms with van der Waals surface area (Å²) in [7, 11) is 1.72. The molecule has 0 aliphatic heterocycles. The van der Waals surface area contributed by atoms with Crippen LogP contribution in [0, 0.1) is 5.92 Å². The highest BCUT2D eigenvalue weighted by molar-refractivity contribution is 8.17. The van der Waals surface area contributed by atoms with Crippen LogP contribution in [0.2, 0.25) is 0 Å². The van der Waals surface area contributed by atoms with Gasteiger partial charge in [0.15, 0.2) is 5.17 Å². The number of amides is 2. The number of aliphatic imine (C=N–C) groups is 1. The third-order valence-corrected chi connectivity index (χ3v) is 10.5. The number of fused-ring (bicyclic) bond motifs is 2. The van der Waals surface area contributed by atoms with Crippen LogP contribution in [0.25, 0.3) is 21.8 Å². The van der Waals surface area contributed by atoms with Crippen molar-refractivity contribution in [3.05, 3.63) is 88.0 Å². The number of carbonyl (C=O) groups is 2. The van der Waals surface area contributed by atoms with E-state index in [4.69, 9.17) is 0 Å². The highest BCUT2D eigenvalue weighted by Gasteiger charge is 2.29. The Hall–Kier alpha value is -4.22. The van der Waals surface area contributed by atoms with Crippen LogP contribution in [0.3, 0.4) is 0 Å². The van der Waals surface area contributed by atoms with E-state index in [1.807, 2.05) is 60.9 Å². The highest BCUT2D eigenvalue weighted by Crippen LogP contribution is 2.44. The molecule has 6 rings (SSSR count). The molecule has 2 unspecified atom stereocenters. The topological polar surface area (TPSA) is 128 Å². The lowest BCUT2D eigenvalue weighted by atomic mass is 9.81. The van der Waals surface area contributed by atoms with Gasteiger partial charge in [0.1, 0.15) is 5.01 Å². The Bertz CT molecular complexity index is 1870. The molecule has 1 aliphatic rings. The van der Waals surface area contributed by atoms with Crippen LogP contribution >= 0.6 is 23.1 Å². The molecule has 1 aliphatic carbocycles. The smallest absolute Gasteiger partial charge is 0.230 e. The molecule has 2 aromatic carbocycles. The zero-order valence-corrected chi connectivity index (χ0v) is 27.1. The third-order valence-electron chi connectivity index (χ3n) is 8.25. The van der Waals surface area contributed by atoms with E-state index in [2.05, 4.69) is 48.8 Å². The lowest BCUT2D eigenvalue weighted by Gasteiger charge is -2.29. The van der Waals surface area contributed by atoms with Crippen LogP contribution in [0.15, 0.2) is 76.9 Å². The number of hydrogen-bond acceptors (Lipinski definition) is 7. The van der Waals surface area contributed by atoms with E-state index in [0.717, 1.165) is 70.0 Å². The van der Waals surface area contributed by atoms with E-state index in [-0.39, 0.29) is 30.6 Å². The number of nitrogens with one attached hydrogen (secondary N) is 4. The van der Waals surface area contributed by atoms with Crippen molar-refractivity contribution in [1.82, 2.24) is 25.5 Å². The van der Waals surface area contributed by atoms with Crippen molar-refractivity contribution in [3.8, 4) is 0 Å². The summed E-state index contributed by atoms with van der Waals surface area (Å²) in [5.74, 6) is 0.414. The SMILES string of the molecule is CC/C=C(/SC(=NC)NC(=O)Cc1cccc2[nH]ccc12)C1CCCC(c2nnc(NC(=O)Cc3cccc4[nH]ccc34)s2)C1. The molecule has 1 saturated carbocycles. The molecule has 0 spiro atoms. The van der Waals surface area contributed by atoms with Crippen molar-refractivity contribution >= 4 is 67.0 Å². The van der Waals surface area contributed by atoms with Gasteiger partial charge >= 0.3 is 0 Å². The standard InChI is InChI=1S/C34H37N7O2S2/c1-3-7-29(44-33(35-2)38-30(42)19-21-8-5-12-27-25(21)14-16-36-27)23-10-4-11-24(18-23)32-40-41-34(45-32)39-31(43)20-22-9-6-13-28-26(22)15-17-37-28/h5-9,12-17,23-24,36-37H,3-4,10-11,18-20H2,1-2H3,(H,35,38,42)(H,39,41,43)/b29-7+. The van der Waals surface area contributed by atoms with E-state index in [1.54, 1.807) is 18.8 Å². The summed E-state index contributed by atoms with van der Waals surface area (Å²) < 4.78 is 0. The second-order valence-electron chi connectivity index (χ2n) is 11.3. The molecule has 1 fully saturated rings. The summed E-state index contributed by atoms with van der Waals surface area (Å²) in [4.78, 5) is 38.0. The van der Waals surface area contributed by atoms with Crippen molar-refractivity contribution in [2.75, 3.05) is 12.4 Å². The molecule has 45 heavy (non-hydrogen) atoms. The maximum absolute atomic E-state index is 13.0. The lowest BCUT2D eigenvalue weighted by molar-refractivity contribution is -0.119. The minimum Gasteiger partial charge on any atom is -0.361 e. The molecule has 0 bridgehead atoms. The van der Waals surface area contributed by atoms with E-state index < -0.39 is 0 Å². The fourth-order valence-corrected chi connectivity index (χ4v) is 8.15. The number of amidine groups is 1.